The van der Waals surface area contributed by atoms with Crippen molar-refractivity contribution in [3.63, 3.8) is 0 Å². The summed E-state index contributed by atoms with van der Waals surface area (Å²) >= 11 is 0. The highest BCUT2D eigenvalue weighted by molar-refractivity contribution is 5.95. The summed E-state index contributed by atoms with van der Waals surface area (Å²) in [4.78, 5) is 25.7. The Kier molecular flexibility index (Phi) is 8.89. The minimum absolute atomic E-state index is 0.141. The summed E-state index contributed by atoms with van der Waals surface area (Å²) in [7, 11) is 1.61. The van der Waals surface area contributed by atoms with Crippen molar-refractivity contribution >= 4 is 18.0 Å². The van der Waals surface area contributed by atoms with Crippen molar-refractivity contribution in [2.45, 2.75) is 12.5 Å². The van der Waals surface area contributed by atoms with E-state index in [4.69, 9.17) is 4.74 Å². The van der Waals surface area contributed by atoms with E-state index in [2.05, 4.69) is 11.4 Å². The molecule has 0 saturated heterocycles. The molecule has 194 valence electrons. The summed E-state index contributed by atoms with van der Waals surface area (Å²) in [5.41, 5.74) is 4.24. The smallest absolute Gasteiger partial charge is 0.309 e. The molecule has 6 nitrogen and oxygen atoms in total. The Balaban J connectivity index is 1.61. The molecule has 0 fully saturated rings. The van der Waals surface area contributed by atoms with Crippen LogP contribution in [0.1, 0.15) is 27.0 Å². The Morgan fingerprint density at radius 3 is 2.36 bits per heavy atom. The van der Waals surface area contributed by atoms with Crippen molar-refractivity contribution in [3.05, 3.63) is 131 Å². The van der Waals surface area contributed by atoms with Crippen molar-refractivity contribution in [1.29, 1.82) is 5.26 Å². The van der Waals surface area contributed by atoms with Gasteiger partial charge in [0.15, 0.2) is 0 Å². The van der Waals surface area contributed by atoms with Gasteiger partial charge in [-0.2, -0.15) is 5.26 Å². The fourth-order valence-corrected chi connectivity index (χ4v) is 4.37. The number of nitrogens with zero attached hydrogens (tertiary/aromatic N) is 1. The van der Waals surface area contributed by atoms with Crippen LogP contribution >= 0.6 is 0 Å². The molecular formula is C33H28N2O4. The fourth-order valence-electron chi connectivity index (χ4n) is 4.37. The van der Waals surface area contributed by atoms with Crippen LogP contribution in [0.4, 0.5) is 0 Å². The molecule has 0 aliphatic rings. The average molecular weight is 517 g/mol. The predicted octanol–water partition coefficient (Wildman–Crippen LogP) is 5.99. The van der Waals surface area contributed by atoms with Crippen LogP contribution in [0.5, 0.6) is 5.75 Å². The van der Waals surface area contributed by atoms with E-state index in [-0.39, 0.29) is 12.3 Å². The van der Waals surface area contributed by atoms with E-state index in [1.807, 2.05) is 66.7 Å². The lowest BCUT2D eigenvalue weighted by atomic mass is 9.90. The maximum absolute atomic E-state index is 13.3. The van der Waals surface area contributed by atoms with Gasteiger partial charge in [0, 0.05) is 11.1 Å². The number of methoxy groups -OCH3 is 1. The first-order valence-corrected chi connectivity index (χ1v) is 12.5. The van der Waals surface area contributed by atoms with Crippen LogP contribution in [-0.2, 0) is 11.2 Å². The zero-order chi connectivity index (χ0) is 27.6. The first-order valence-electron chi connectivity index (χ1n) is 12.5. The van der Waals surface area contributed by atoms with Crippen LogP contribution in [0.15, 0.2) is 109 Å². The number of carbonyl (C=O) groups is 2. The molecule has 4 aromatic carbocycles. The number of rotatable bonds is 10. The molecule has 2 atom stereocenters. The number of para-hydroxylation sites is 1. The molecule has 0 aliphatic carbocycles. The molecule has 1 amide bonds. The molecule has 4 rings (SSSR count). The minimum Gasteiger partial charge on any atom is -0.496 e. The van der Waals surface area contributed by atoms with Crippen LogP contribution in [0.25, 0.3) is 17.2 Å². The van der Waals surface area contributed by atoms with E-state index < -0.39 is 17.9 Å². The SMILES string of the molecule is COc1ccccc1-c1ccc(C(=O)N[C@H](/C=C/c2ccccc2)[C@@H](Cc2cccc(C#N)c2)C(=O)O)cc1. The third-order valence-corrected chi connectivity index (χ3v) is 6.42. The Morgan fingerprint density at radius 2 is 1.67 bits per heavy atom. The van der Waals surface area contributed by atoms with Crippen LogP contribution in [0, 0.1) is 17.2 Å². The molecule has 0 unspecified atom stereocenters. The second-order valence-corrected chi connectivity index (χ2v) is 9.01. The average Bonchev–Trinajstić information content (AvgIpc) is 2.98. The summed E-state index contributed by atoms with van der Waals surface area (Å²) in [6.45, 7) is 0. The number of carboxylic acid groups (broad SMARTS) is 1. The number of carbonyl (C=O) groups excluding carboxylic acids is 1. The van der Waals surface area contributed by atoms with Crippen molar-refractivity contribution in [3.8, 4) is 22.9 Å². The minimum atomic E-state index is -1.05. The summed E-state index contributed by atoms with van der Waals surface area (Å²) in [6, 6.07) is 32.3. The topological polar surface area (TPSA) is 99.4 Å². The third-order valence-electron chi connectivity index (χ3n) is 6.42. The van der Waals surface area contributed by atoms with Gasteiger partial charge in [-0.1, -0.05) is 84.9 Å². The van der Waals surface area contributed by atoms with Crippen LogP contribution in [0.3, 0.4) is 0 Å². The molecule has 0 radical (unpaired) electrons. The van der Waals surface area contributed by atoms with E-state index in [0.29, 0.717) is 16.7 Å². The van der Waals surface area contributed by atoms with E-state index >= 15 is 0 Å². The monoisotopic (exact) mass is 516 g/mol. The molecule has 4 aromatic rings. The standard InChI is InChI=1S/C33H28N2O4/c1-39-31-13-6-5-12-28(31)26-15-17-27(18-16-26)32(36)35-30(19-14-23-8-3-2-4-9-23)29(33(37)38)21-24-10-7-11-25(20-24)22-34/h2-20,29-30H,21H2,1H3,(H,35,36)(H,37,38)/b19-14+/t29-,30-/m1/s1. The van der Waals surface area contributed by atoms with Gasteiger partial charge in [0.05, 0.1) is 30.7 Å². The second-order valence-electron chi connectivity index (χ2n) is 9.01. The quantitative estimate of drug-likeness (QED) is 0.270. The normalized spacial score (nSPS) is 12.3. The molecule has 6 heteroatoms. The van der Waals surface area contributed by atoms with Gasteiger partial charge in [-0.05, 0) is 53.4 Å². The Labute approximate surface area is 227 Å². The fraction of sp³-hybridized carbons (Fsp3) is 0.121. The number of nitriles is 1. The molecule has 0 aromatic heterocycles. The predicted molar refractivity (Wildman–Crippen MR) is 151 cm³/mol. The van der Waals surface area contributed by atoms with Gasteiger partial charge in [0.2, 0.25) is 0 Å². The molecule has 0 aliphatic heterocycles. The molecular weight excluding hydrogens is 488 g/mol. The molecule has 39 heavy (non-hydrogen) atoms. The number of amides is 1. The van der Waals surface area contributed by atoms with E-state index in [1.54, 1.807) is 55.7 Å². The maximum Gasteiger partial charge on any atom is 0.309 e. The first kappa shape index (κ1) is 26.9. The number of benzene rings is 4. The lowest BCUT2D eigenvalue weighted by Crippen LogP contribution is -2.43. The summed E-state index contributed by atoms with van der Waals surface area (Å²) in [5.74, 6) is -1.67. The van der Waals surface area contributed by atoms with Crippen molar-refractivity contribution < 1.29 is 19.4 Å². The van der Waals surface area contributed by atoms with E-state index in [1.165, 1.54) is 0 Å². The summed E-state index contributed by atoms with van der Waals surface area (Å²) in [5, 5.41) is 22.3. The Bertz CT molecular complexity index is 1500. The van der Waals surface area contributed by atoms with E-state index in [0.717, 1.165) is 22.4 Å². The first-order chi connectivity index (χ1) is 19.0. The molecule has 0 saturated carbocycles. The van der Waals surface area contributed by atoms with E-state index in [9.17, 15) is 20.0 Å². The van der Waals surface area contributed by atoms with Gasteiger partial charge >= 0.3 is 5.97 Å². The third kappa shape index (κ3) is 7.00. The van der Waals surface area contributed by atoms with Gasteiger partial charge in [0.1, 0.15) is 5.75 Å². The zero-order valence-electron chi connectivity index (χ0n) is 21.5. The van der Waals surface area contributed by atoms with Gasteiger partial charge in [-0.15, -0.1) is 0 Å². The highest BCUT2D eigenvalue weighted by Gasteiger charge is 2.28. The number of ether oxygens (including phenoxy) is 1. The summed E-state index contributed by atoms with van der Waals surface area (Å²) in [6.07, 6.45) is 3.66. The molecule has 0 bridgehead atoms. The van der Waals surface area contributed by atoms with Gasteiger partial charge in [-0.3, -0.25) is 9.59 Å². The molecule has 2 N–H and O–H groups in total. The van der Waals surface area contributed by atoms with Crippen LogP contribution < -0.4 is 10.1 Å². The van der Waals surface area contributed by atoms with Gasteiger partial charge < -0.3 is 15.2 Å². The largest absolute Gasteiger partial charge is 0.496 e. The maximum atomic E-state index is 13.3. The van der Waals surface area contributed by atoms with Crippen molar-refractivity contribution in [2.75, 3.05) is 7.11 Å². The van der Waals surface area contributed by atoms with Crippen molar-refractivity contribution in [1.82, 2.24) is 5.32 Å². The van der Waals surface area contributed by atoms with Crippen LogP contribution in [0.2, 0.25) is 0 Å². The number of nitrogens with one attached hydrogen (secondary N) is 1. The highest BCUT2D eigenvalue weighted by atomic mass is 16.5. The zero-order valence-corrected chi connectivity index (χ0v) is 21.5. The number of carboxylic acids is 1. The second kappa shape index (κ2) is 12.9. The van der Waals surface area contributed by atoms with Gasteiger partial charge in [0.25, 0.3) is 5.91 Å². The number of hydrogen-bond donors (Lipinski definition) is 2. The summed E-state index contributed by atoms with van der Waals surface area (Å²) < 4.78 is 5.45. The Morgan fingerprint density at radius 1 is 0.949 bits per heavy atom. The van der Waals surface area contributed by atoms with Crippen LogP contribution in [-0.4, -0.2) is 30.1 Å². The lowest BCUT2D eigenvalue weighted by molar-refractivity contribution is -0.142. The molecule has 0 spiro atoms. The number of hydrogen-bond acceptors (Lipinski definition) is 4. The highest BCUT2D eigenvalue weighted by Crippen LogP contribution is 2.29. The van der Waals surface area contributed by atoms with Crippen molar-refractivity contribution in [2.24, 2.45) is 5.92 Å². The lowest BCUT2D eigenvalue weighted by Gasteiger charge is -2.23. The molecule has 0 heterocycles. The van der Waals surface area contributed by atoms with Gasteiger partial charge in [-0.25, -0.2) is 0 Å². The Hall–Kier alpha value is -5.15. The number of aliphatic carboxylic acids is 1.